The quantitative estimate of drug-likeness (QED) is 0.868. The van der Waals surface area contributed by atoms with Crippen LogP contribution in [0.4, 0.5) is 0 Å². The number of aromatic nitrogens is 2. The van der Waals surface area contributed by atoms with Crippen molar-refractivity contribution in [1.82, 2.24) is 10.1 Å². The normalized spacial score (nSPS) is 14.1. The summed E-state index contributed by atoms with van der Waals surface area (Å²) in [4.78, 5) is 4.23. The van der Waals surface area contributed by atoms with Crippen LogP contribution in [0.2, 0.25) is 0 Å². The first kappa shape index (κ1) is 15.7. The largest absolute Gasteiger partial charge is 0.338 e. The van der Waals surface area contributed by atoms with E-state index in [0.717, 1.165) is 5.56 Å². The molecule has 0 aliphatic carbocycles. The lowest BCUT2D eigenvalue weighted by Crippen LogP contribution is -2.15. The maximum Gasteiger partial charge on any atom is 0.244 e. The lowest BCUT2D eigenvalue weighted by Gasteiger charge is -2.11. The molecule has 2 aromatic rings. The summed E-state index contributed by atoms with van der Waals surface area (Å²) in [5, 5.41) is 3.06. The minimum Gasteiger partial charge on any atom is -0.338 e. The Morgan fingerprint density at radius 1 is 1.19 bits per heavy atom. The molecular weight excluding hydrogens is 288 g/mol. The summed E-state index contributed by atoms with van der Waals surface area (Å²) in [6, 6.07) is 9.07. The van der Waals surface area contributed by atoms with Gasteiger partial charge in [-0.2, -0.15) is 4.98 Å². The monoisotopic (exact) mass is 308 g/mol. The van der Waals surface area contributed by atoms with Crippen LogP contribution in [0, 0.1) is 0 Å². The van der Waals surface area contributed by atoms with Crippen LogP contribution in [-0.4, -0.2) is 18.6 Å². The number of hydrogen-bond acceptors (Lipinski definition) is 5. The molecule has 0 N–H and O–H groups in total. The molecule has 0 radical (unpaired) electrons. The van der Waals surface area contributed by atoms with Gasteiger partial charge in [0, 0.05) is 5.41 Å². The third kappa shape index (κ3) is 3.69. The molecule has 0 amide bonds. The highest BCUT2D eigenvalue weighted by Crippen LogP contribution is 2.26. The van der Waals surface area contributed by atoms with Crippen molar-refractivity contribution in [2.75, 3.05) is 0 Å². The minimum atomic E-state index is -3.39. The highest BCUT2D eigenvalue weighted by molar-refractivity contribution is 7.90. The van der Waals surface area contributed by atoms with E-state index in [1.807, 2.05) is 39.0 Å². The van der Waals surface area contributed by atoms with E-state index in [9.17, 15) is 8.42 Å². The number of rotatable bonds is 4. The van der Waals surface area contributed by atoms with Gasteiger partial charge in [-0.25, -0.2) is 8.42 Å². The first-order chi connectivity index (χ1) is 9.70. The summed E-state index contributed by atoms with van der Waals surface area (Å²) in [6.07, 6.45) is 0. The Bertz CT molecular complexity index is 700. The Kier molecular flexibility index (Phi) is 4.18. The maximum absolute atomic E-state index is 12.4. The Hall–Kier alpha value is -1.69. The van der Waals surface area contributed by atoms with Crippen molar-refractivity contribution in [3.05, 3.63) is 47.6 Å². The van der Waals surface area contributed by atoms with Gasteiger partial charge in [0.05, 0.1) is 5.75 Å². The molecule has 0 spiro atoms. The van der Waals surface area contributed by atoms with Gasteiger partial charge in [-0.3, -0.25) is 0 Å². The Labute approximate surface area is 125 Å². The summed E-state index contributed by atoms with van der Waals surface area (Å²) in [5.41, 5.74) is 0.477. The first-order valence-corrected chi connectivity index (χ1v) is 8.51. The van der Waals surface area contributed by atoms with Crippen molar-refractivity contribution >= 4 is 9.84 Å². The highest BCUT2D eigenvalue weighted by atomic mass is 32.2. The molecule has 1 aromatic heterocycles. The lowest BCUT2D eigenvalue weighted by molar-refractivity contribution is 0.361. The van der Waals surface area contributed by atoms with E-state index in [0.29, 0.717) is 5.82 Å². The zero-order valence-corrected chi connectivity index (χ0v) is 13.5. The van der Waals surface area contributed by atoms with Crippen LogP contribution >= 0.6 is 0 Å². The fourth-order valence-electron chi connectivity index (χ4n) is 1.79. The van der Waals surface area contributed by atoms with Gasteiger partial charge in [0.25, 0.3) is 0 Å². The molecule has 0 bridgehead atoms. The van der Waals surface area contributed by atoms with E-state index >= 15 is 0 Å². The average Bonchev–Trinajstić information content (AvgIpc) is 2.87. The topological polar surface area (TPSA) is 73.1 Å². The fourth-order valence-corrected chi connectivity index (χ4v) is 3.10. The Morgan fingerprint density at radius 2 is 1.81 bits per heavy atom. The first-order valence-electron chi connectivity index (χ1n) is 6.80. The predicted octanol–water partition coefficient (Wildman–Crippen LogP) is 3.04. The van der Waals surface area contributed by atoms with Gasteiger partial charge in [0.2, 0.25) is 5.89 Å². The van der Waals surface area contributed by atoms with E-state index < -0.39 is 15.1 Å². The van der Waals surface area contributed by atoms with Crippen molar-refractivity contribution in [2.45, 2.75) is 44.1 Å². The molecule has 6 heteroatoms. The van der Waals surface area contributed by atoms with E-state index in [-0.39, 0.29) is 17.1 Å². The van der Waals surface area contributed by atoms with Gasteiger partial charge >= 0.3 is 0 Å². The van der Waals surface area contributed by atoms with Crippen LogP contribution < -0.4 is 0 Å². The summed E-state index contributed by atoms with van der Waals surface area (Å²) >= 11 is 0. The van der Waals surface area contributed by atoms with Gasteiger partial charge in [-0.05, 0) is 12.5 Å². The predicted molar refractivity (Wildman–Crippen MR) is 80.5 cm³/mol. The third-order valence-electron chi connectivity index (χ3n) is 3.21. The molecule has 2 rings (SSSR count). The molecule has 0 saturated heterocycles. The molecule has 0 aliphatic rings. The van der Waals surface area contributed by atoms with Crippen molar-refractivity contribution in [1.29, 1.82) is 0 Å². The third-order valence-corrected chi connectivity index (χ3v) is 5.22. The number of benzene rings is 1. The van der Waals surface area contributed by atoms with E-state index in [2.05, 4.69) is 10.1 Å². The van der Waals surface area contributed by atoms with Crippen molar-refractivity contribution in [3.8, 4) is 0 Å². The Balaban J connectivity index is 2.22. The maximum atomic E-state index is 12.4. The van der Waals surface area contributed by atoms with E-state index in [4.69, 9.17) is 4.52 Å². The molecule has 1 heterocycles. The molecule has 5 nitrogen and oxygen atoms in total. The molecule has 1 atom stereocenters. The summed E-state index contributed by atoms with van der Waals surface area (Å²) in [7, 11) is -3.39. The van der Waals surface area contributed by atoms with Gasteiger partial charge in [0.1, 0.15) is 5.25 Å². The van der Waals surface area contributed by atoms with Crippen LogP contribution in [0.3, 0.4) is 0 Å². The minimum absolute atomic E-state index is 0.0394. The van der Waals surface area contributed by atoms with Gasteiger partial charge in [-0.1, -0.05) is 56.3 Å². The van der Waals surface area contributed by atoms with Crippen LogP contribution in [0.15, 0.2) is 34.9 Å². The zero-order chi connectivity index (χ0) is 15.7. The molecule has 1 aromatic carbocycles. The average molecular weight is 308 g/mol. The second kappa shape index (κ2) is 5.60. The van der Waals surface area contributed by atoms with Crippen molar-refractivity contribution in [2.24, 2.45) is 0 Å². The van der Waals surface area contributed by atoms with Crippen LogP contribution in [0.1, 0.15) is 50.2 Å². The molecule has 0 aliphatic heterocycles. The smallest absolute Gasteiger partial charge is 0.244 e. The standard InChI is InChI=1S/C15H20N2O3S/c1-11(13-16-14(17-20-13)15(2,3)4)21(18,19)10-12-8-6-5-7-9-12/h5-9,11H,10H2,1-4H3. The number of hydrogen-bond donors (Lipinski definition) is 0. The second-order valence-electron chi connectivity index (χ2n) is 6.14. The molecule has 0 fully saturated rings. The van der Waals surface area contributed by atoms with Gasteiger partial charge in [0.15, 0.2) is 15.7 Å². The van der Waals surface area contributed by atoms with Crippen LogP contribution in [0.5, 0.6) is 0 Å². The van der Waals surface area contributed by atoms with E-state index in [1.165, 1.54) is 0 Å². The molecular formula is C15H20N2O3S. The second-order valence-corrected chi connectivity index (χ2v) is 8.46. The Morgan fingerprint density at radius 3 is 2.33 bits per heavy atom. The molecule has 21 heavy (non-hydrogen) atoms. The van der Waals surface area contributed by atoms with Crippen LogP contribution in [0.25, 0.3) is 0 Å². The summed E-state index contributed by atoms with van der Waals surface area (Å²) in [5.74, 6) is 0.623. The summed E-state index contributed by atoms with van der Waals surface area (Å²) < 4.78 is 30.0. The van der Waals surface area contributed by atoms with E-state index in [1.54, 1.807) is 19.1 Å². The van der Waals surface area contributed by atoms with Gasteiger partial charge < -0.3 is 4.52 Å². The number of nitrogens with zero attached hydrogens (tertiary/aromatic N) is 2. The van der Waals surface area contributed by atoms with Crippen LogP contribution in [-0.2, 0) is 21.0 Å². The fraction of sp³-hybridized carbons (Fsp3) is 0.467. The van der Waals surface area contributed by atoms with Crippen molar-refractivity contribution < 1.29 is 12.9 Å². The molecule has 114 valence electrons. The SMILES string of the molecule is CC(c1nc(C(C)(C)C)no1)S(=O)(=O)Cc1ccccc1. The van der Waals surface area contributed by atoms with Gasteiger partial charge in [-0.15, -0.1) is 0 Å². The molecule has 1 unspecified atom stereocenters. The zero-order valence-electron chi connectivity index (χ0n) is 12.7. The van der Waals surface area contributed by atoms with Crippen molar-refractivity contribution in [3.63, 3.8) is 0 Å². The number of sulfone groups is 1. The summed E-state index contributed by atoms with van der Waals surface area (Å²) in [6.45, 7) is 7.43. The molecule has 0 saturated carbocycles. The lowest BCUT2D eigenvalue weighted by atomic mass is 9.96. The highest BCUT2D eigenvalue weighted by Gasteiger charge is 2.30.